The second-order valence-electron chi connectivity index (χ2n) is 7.15. The molecule has 0 bridgehead atoms. The lowest BCUT2D eigenvalue weighted by atomic mass is 10.1. The highest BCUT2D eigenvalue weighted by molar-refractivity contribution is 6.00. The largest absolute Gasteiger partial charge is 0.495 e. The van der Waals surface area contributed by atoms with Crippen LogP contribution >= 0.6 is 0 Å². The Bertz CT molecular complexity index is 714. The molecule has 1 saturated carbocycles. The first-order valence-corrected chi connectivity index (χ1v) is 9.44. The lowest BCUT2D eigenvalue weighted by molar-refractivity contribution is -0.158. The van der Waals surface area contributed by atoms with Gasteiger partial charge >= 0.3 is 5.97 Å². The highest BCUT2D eigenvalue weighted by atomic mass is 16.5. The van der Waals surface area contributed by atoms with E-state index in [-0.39, 0.29) is 30.8 Å². The molecule has 2 amide bonds. The van der Waals surface area contributed by atoms with Gasteiger partial charge in [-0.15, -0.1) is 0 Å². The second kappa shape index (κ2) is 8.41. The summed E-state index contributed by atoms with van der Waals surface area (Å²) in [6.45, 7) is 1.78. The summed E-state index contributed by atoms with van der Waals surface area (Å²) in [4.78, 5) is 38.6. The summed E-state index contributed by atoms with van der Waals surface area (Å²) in [5.74, 6) is -0.978. The minimum absolute atomic E-state index is 0.0633. The van der Waals surface area contributed by atoms with Crippen LogP contribution in [0.25, 0.3) is 0 Å². The van der Waals surface area contributed by atoms with Gasteiger partial charge in [-0.3, -0.25) is 14.4 Å². The van der Waals surface area contributed by atoms with Gasteiger partial charge in [0.25, 0.3) is 5.91 Å². The van der Waals surface area contributed by atoms with Crippen molar-refractivity contribution in [2.45, 2.75) is 51.2 Å². The number of methoxy groups -OCH3 is 1. The number of nitrogens with one attached hydrogen (secondary N) is 1. The molecule has 2 fully saturated rings. The Hall–Kier alpha value is -2.57. The van der Waals surface area contributed by atoms with Gasteiger partial charge < -0.3 is 19.7 Å². The fourth-order valence-electron chi connectivity index (χ4n) is 3.66. The molecular formula is C20H26N2O5. The van der Waals surface area contributed by atoms with Gasteiger partial charge in [-0.2, -0.15) is 0 Å². The molecule has 1 heterocycles. The summed E-state index contributed by atoms with van der Waals surface area (Å²) < 4.78 is 10.6. The van der Waals surface area contributed by atoms with Gasteiger partial charge in [0.05, 0.1) is 18.7 Å². The summed E-state index contributed by atoms with van der Waals surface area (Å²) in [5, 5.41) is 2.92. The van der Waals surface area contributed by atoms with E-state index in [1.54, 1.807) is 19.1 Å². The van der Waals surface area contributed by atoms with Gasteiger partial charge in [0.1, 0.15) is 5.75 Å². The Morgan fingerprint density at radius 2 is 1.93 bits per heavy atom. The van der Waals surface area contributed by atoms with Gasteiger partial charge in [0.15, 0.2) is 6.10 Å². The molecule has 0 spiro atoms. The van der Waals surface area contributed by atoms with Crippen molar-refractivity contribution in [2.75, 3.05) is 18.6 Å². The molecule has 27 heavy (non-hydrogen) atoms. The maximum Gasteiger partial charge on any atom is 0.312 e. The highest BCUT2D eigenvalue weighted by Crippen LogP contribution is 2.33. The van der Waals surface area contributed by atoms with E-state index in [4.69, 9.17) is 9.47 Å². The molecular weight excluding hydrogens is 348 g/mol. The van der Waals surface area contributed by atoms with Crippen molar-refractivity contribution in [1.29, 1.82) is 0 Å². The van der Waals surface area contributed by atoms with Crippen LogP contribution < -0.4 is 15.0 Å². The zero-order valence-corrected chi connectivity index (χ0v) is 15.8. The molecule has 1 aliphatic carbocycles. The van der Waals surface area contributed by atoms with E-state index in [0.29, 0.717) is 11.4 Å². The van der Waals surface area contributed by atoms with Gasteiger partial charge in [-0.1, -0.05) is 25.0 Å². The maximum absolute atomic E-state index is 12.5. The Balaban J connectivity index is 1.57. The minimum atomic E-state index is -0.867. The third-order valence-electron chi connectivity index (χ3n) is 5.20. The standard InChI is InChI=1S/C20H26N2O5/c1-13(19(24)21-15-7-3-4-8-15)27-20(25)14-11-18(23)22(12-14)16-9-5-6-10-17(16)26-2/h5-6,9-10,13-15H,3-4,7-8,11-12H2,1-2H3,(H,21,24)/t13-,14+/m1/s1. The molecule has 146 valence electrons. The number of carbonyl (C=O) groups excluding carboxylic acids is 3. The van der Waals surface area contributed by atoms with Crippen LogP contribution in [0.1, 0.15) is 39.0 Å². The summed E-state index contributed by atoms with van der Waals surface area (Å²) in [6, 6.07) is 7.35. The van der Waals surface area contributed by atoms with Crippen LogP contribution in [-0.2, 0) is 19.1 Å². The SMILES string of the molecule is COc1ccccc1N1C[C@@H](C(=O)O[C@H](C)C(=O)NC2CCCC2)CC1=O. The predicted octanol–water partition coefficient (Wildman–Crippen LogP) is 2.04. The lowest BCUT2D eigenvalue weighted by Gasteiger charge is -2.20. The number of para-hydroxylation sites is 2. The number of ether oxygens (including phenoxy) is 2. The number of anilines is 1. The van der Waals surface area contributed by atoms with Crippen LogP contribution in [0.4, 0.5) is 5.69 Å². The van der Waals surface area contributed by atoms with Crippen molar-refractivity contribution < 1.29 is 23.9 Å². The molecule has 1 aromatic carbocycles. The Morgan fingerprint density at radius 3 is 2.63 bits per heavy atom. The fraction of sp³-hybridized carbons (Fsp3) is 0.550. The average Bonchev–Trinajstić information content (AvgIpc) is 3.31. The first-order chi connectivity index (χ1) is 13.0. The molecule has 2 aliphatic rings. The summed E-state index contributed by atoms with van der Waals surface area (Å²) in [7, 11) is 1.54. The van der Waals surface area contributed by atoms with Crippen LogP contribution in [0.2, 0.25) is 0 Å². The molecule has 0 unspecified atom stereocenters. The molecule has 0 radical (unpaired) electrons. The molecule has 1 N–H and O–H groups in total. The molecule has 7 nitrogen and oxygen atoms in total. The maximum atomic E-state index is 12.5. The summed E-state index contributed by atoms with van der Waals surface area (Å²) in [5.41, 5.74) is 0.632. The Labute approximate surface area is 159 Å². The van der Waals surface area contributed by atoms with Crippen LogP contribution in [0.5, 0.6) is 5.75 Å². The smallest absolute Gasteiger partial charge is 0.312 e. The second-order valence-corrected chi connectivity index (χ2v) is 7.15. The fourth-order valence-corrected chi connectivity index (χ4v) is 3.66. The van der Waals surface area contributed by atoms with Gasteiger partial charge in [-0.25, -0.2) is 0 Å². The zero-order valence-electron chi connectivity index (χ0n) is 15.8. The Morgan fingerprint density at radius 1 is 1.22 bits per heavy atom. The van der Waals surface area contributed by atoms with E-state index >= 15 is 0 Å². The molecule has 7 heteroatoms. The number of esters is 1. The third kappa shape index (κ3) is 4.40. The number of hydrogen-bond acceptors (Lipinski definition) is 5. The molecule has 0 aromatic heterocycles. The number of benzene rings is 1. The van der Waals surface area contributed by atoms with E-state index in [0.717, 1.165) is 25.7 Å². The molecule has 1 aromatic rings. The van der Waals surface area contributed by atoms with Crippen molar-refractivity contribution >= 4 is 23.5 Å². The molecule has 1 saturated heterocycles. The van der Waals surface area contributed by atoms with Crippen molar-refractivity contribution in [3.05, 3.63) is 24.3 Å². The van der Waals surface area contributed by atoms with Crippen molar-refractivity contribution in [2.24, 2.45) is 5.92 Å². The van der Waals surface area contributed by atoms with Crippen molar-refractivity contribution in [1.82, 2.24) is 5.32 Å². The van der Waals surface area contributed by atoms with Crippen LogP contribution in [0.3, 0.4) is 0 Å². The quantitative estimate of drug-likeness (QED) is 0.770. The van der Waals surface area contributed by atoms with Crippen LogP contribution in [0, 0.1) is 5.92 Å². The Kier molecular flexibility index (Phi) is 5.98. The minimum Gasteiger partial charge on any atom is -0.495 e. The average molecular weight is 374 g/mol. The number of rotatable bonds is 6. The topological polar surface area (TPSA) is 84.9 Å². The molecule has 2 atom stereocenters. The van der Waals surface area contributed by atoms with Crippen LogP contribution in [-0.4, -0.2) is 43.6 Å². The van der Waals surface area contributed by atoms with E-state index < -0.39 is 18.0 Å². The van der Waals surface area contributed by atoms with Crippen molar-refractivity contribution in [3.8, 4) is 5.75 Å². The predicted molar refractivity (Wildman–Crippen MR) is 99.4 cm³/mol. The van der Waals surface area contributed by atoms with E-state index in [9.17, 15) is 14.4 Å². The number of amides is 2. The number of hydrogen-bond donors (Lipinski definition) is 1. The number of carbonyl (C=O) groups is 3. The summed E-state index contributed by atoms with van der Waals surface area (Å²) in [6.07, 6.45) is 3.36. The van der Waals surface area contributed by atoms with Gasteiger partial charge in [0.2, 0.25) is 5.91 Å². The van der Waals surface area contributed by atoms with Gasteiger partial charge in [0, 0.05) is 19.0 Å². The molecule has 1 aliphatic heterocycles. The number of nitrogens with zero attached hydrogens (tertiary/aromatic N) is 1. The van der Waals surface area contributed by atoms with Crippen molar-refractivity contribution in [3.63, 3.8) is 0 Å². The van der Waals surface area contributed by atoms with Crippen LogP contribution in [0.15, 0.2) is 24.3 Å². The first kappa shape index (κ1) is 19.2. The zero-order chi connectivity index (χ0) is 19.4. The van der Waals surface area contributed by atoms with E-state index in [1.807, 2.05) is 12.1 Å². The third-order valence-corrected chi connectivity index (χ3v) is 5.20. The highest BCUT2D eigenvalue weighted by Gasteiger charge is 2.38. The molecule has 3 rings (SSSR count). The van der Waals surface area contributed by atoms with E-state index in [1.165, 1.54) is 12.0 Å². The normalized spacial score (nSPS) is 21.2. The first-order valence-electron chi connectivity index (χ1n) is 9.44. The van der Waals surface area contributed by atoms with Gasteiger partial charge in [-0.05, 0) is 31.9 Å². The monoisotopic (exact) mass is 374 g/mol. The summed E-state index contributed by atoms with van der Waals surface area (Å²) >= 11 is 0. The lowest BCUT2D eigenvalue weighted by Crippen LogP contribution is -2.41. The van der Waals surface area contributed by atoms with E-state index in [2.05, 4.69) is 5.32 Å².